The summed E-state index contributed by atoms with van der Waals surface area (Å²) >= 11 is 0. The van der Waals surface area contributed by atoms with Crippen molar-refractivity contribution in [3.05, 3.63) is 36.5 Å². The van der Waals surface area contributed by atoms with E-state index in [4.69, 9.17) is 18.5 Å². The first-order chi connectivity index (χ1) is 29.3. The second kappa shape index (κ2) is 46.8. The Bertz CT molecular complexity index is 1070. The van der Waals surface area contributed by atoms with Crippen LogP contribution in [-0.4, -0.2) is 42.8 Å². The fraction of sp³-hybridized carbons (Fsp3) is 0.843. The first-order valence-corrected chi connectivity index (χ1v) is 26.8. The van der Waals surface area contributed by atoms with Crippen molar-refractivity contribution in [3.63, 3.8) is 0 Å². The summed E-state index contributed by atoms with van der Waals surface area (Å²) in [4.78, 5) is 34.9. The standard InChI is InChI=1S/C51H95O8P/c1-4-7-9-11-13-15-17-19-21-23-25-26-28-30-32-34-36-38-40-42-44-46-51(53)59-49(48-58-60(54,55)57-6-3)47-56-50(52)45-43-41-39-37-35-33-31-29-27-24-22-20-18-16-14-12-10-8-5-2/h17,19-20,22-23,25,49H,4-16,18,21,24,26-48H2,1-3H3,(H,54,55)/b19-17-,22-20-,25-23-. The molecule has 0 fully saturated rings. The molecule has 0 aliphatic rings. The number of hydrogen-bond donors (Lipinski definition) is 1. The van der Waals surface area contributed by atoms with Crippen molar-refractivity contribution < 1.29 is 37.6 Å². The summed E-state index contributed by atoms with van der Waals surface area (Å²) in [5.74, 6) is -0.796. The van der Waals surface area contributed by atoms with E-state index >= 15 is 0 Å². The van der Waals surface area contributed by atoms with E-state index in [0.717, 1.165) is 44.9 Å². The quantitative estimate of drug-likeness (QED) is 0.0279. The van der Waals surface area contributed by atoms with Crippen LogP contribution in [0.3, 0.4) is 0 Å². The van der Waals surface area contributed by atoms with Gasteiger partial charge in [-0.25, -0.2) is 4.57 Å². The molecule has 9 heteroatoms. The topological polar surface area (TPSA) is 108 Å². The molecule has 60 heavy (non-hydrogen) atoms. The number of phosphoric acid groups is 1. The Labute approximate surface area is 370 Å². The Kier molecular flexibility index (Phi) is 45.4. The van der Waals surface area contributed by atoms with Gasteiger partial charge in [-0.15, -0.1) is 0 Å². The van der Waals surface area contributed by atoms with E-state index < -0.39 is 26.5 Å². The lowest BCUT2D eigenvalue weighted by Gasteiger charge is -2.19. The maximum Gasteiger partial charge on any atom is 0.472 e. The molecular formula is C51H95O8P. The average Bonchev–Trinajstić information content (AvgIpc) is 3.23. The van der Waals surface area contributed by atoms with Crippen LogP contribution in [0.5, 0.6) is 0 Å². The maximum atomic E-state index is 12.6. The fourth-order valence-electron chi connectivity index (χ4n) is 7.19. The summed E-state index contributed by atoms with van der Waals surface area (Å²) in [5.41, 5.74) is 0. The third-order valence-corrected chi connectivity index (χ3v) is 12.0. The second-order valence-electron chi connectivity index (χ2n) is 16.8. The summed E-state index contributed by atoms with van der Waals surface area (Å²) < 4.78 is 32.8. The van der Waals surface area contributed by atoms with E-state index in [1.165, 1.54) is 167 Å². The third kappa shape index (κ3) is 45.8. The van der Waals surface area contributed by atoms with Crippen molar-refractivity contribution in [2.75, 3.05) is 19.8 Å². The normalized spacial score (nSPS) is 13.5. The van der Waals surface area contributed by atoms with E-state index in [0.29, 0.717) is 12.8 Å². The van der Waals surface area contributed by atoms with E-state index in [2.05, 4.69) is 50.3 Å². The van der Waals surface area contributed by atoms with Crippen molar-refractivity contribution in [1.29, 1.82) is 0 Å². The SMILES string of the molecule is CCCCCCC/C=C\C/C=C\CCCCCCCCCCCC(=O)OC(COC(=O)CCCCCCCCCCC/C=C\CCCCCCCC)COP(=O)(O)OCC. The molecule has 2 unspecified atom stereocenters. The minimum Gasteiger partial charge on any atom is -0.462 e. The Balaban J connectivity index is 3.99. The molecule has 0 heterocycles. The molecule has 8 nitrogen and oxygen atoms in total. The molecule has 352 valence electrons. The van der Waals surface area contributed by atoms with Gasteiger partial charge in [-0.2, -0.15) is 0 Å². The summed E-state index contributed by atoms with van der Waals surface area (Å²) in [6.07, 6.45) is 54.9. The Morgan fingerprint density at radius 1 is 0.450 bits per heavy atom. The van der Waals surface area contributed by atoms with Crippen LogP contribution in [0, 0.1) is 0 Å². The van der Waals surface area contributed by atoms with Crippen LogP contribution in [0.4, 0.5) is 0 Å². The molecule has 0 spiro atoms. The van der Waals surface area contributed by atoms with Crippen LogP contribution in [0.25, 0.3) is 0 Å². The Morgan fingerprint density at radius 3 is 1.20 bits per heavy atom. The second-order valence-corrected chi connectivity index (χ2v) is 18.3. The highest BCUT2D eigenvalue weighted by Gasteiger charge is 2.25. The smallest absolute Gasteiger partial charge is 0.462 e. The number of carbonyl (C=O) groups is 2. The van der Waals surface area contributed by atoms with Gasteiger partial charge in [0.15, 0.2) is 6.10 Å². The number of carbonyl (C=O) groups excluding carboxylic acids is 2. The molecule has 0 amide bonds. The van der Waals surface area contributed by atoms with E-state index in [1.807, 2.05) is 0 Å². The lowest BCUT2D eigenvalue weighted by atomic mass is 10.1. The van der Waals surface area contributed by atoms with Gasteiger partial charge in [0.05, 0.1) is 13.2 Å². The lowest BCUT2D eigenvalue weighted by molar-refractivity contribution is -0.161. The highest BCUT2D eigenvalue weighted by molar-refractivity contribution is 7.47. The van der Waals surface area contributed by atoms with Crippen LogP contribution in [-0.2, 0) is 32.7 Å². The van der Waals surface area contributed by atoms with Crippen molar-refractivity contribution in [2.45, 2.75) is 258 Å². The van der Waals surface area contributed by atoms with Gasteiger partial charge in [0.2, 0.25) is 0 Å². The van der Waals surface area contributed by atoms with Gasteiger partial charge in [-0.05, 0) is 77.6 Å². The van der Waals surface area contributed by atoms with Crippen LogP contribution < -0.4 is 0 Å². The molecule has 0 saturated carbocycles. The predicted octanol–water partition coefficient (Wildman–Crippen LogP) is 16.3. The number of hydrogen-bond acceptors (Lipinski definition) is 7. The molecule has 2 atom stereocenters. The molecule has 0 saturated heterocycles. The van der Waals surface area contributed by atoms with Crippen molar-refractivity contribution in [3.8, 4) is 0 Å². The Hall–Kier alpha value is -1.73. The maximum absolute atomic E-state index is 12.6. The summed E-state index contributed by atoms with van der Waals surface area (Å²) in [6.45, 7) is 5.49. The molecule has 0 radical (unpaired) electrons. The molecule has 0 aromatic heterocycles. The van der Waals surface area contributed by atoms with Crippen molar-refractivity contribution >= 4 is 19.8 Å². The monoisotopic (exact) mass is 867 g/mol. The molecule has 0 aliphatic heterocycles. The van der Waals surface area contributed by atoms with Gasteiger partial charge in [-0.1, -0.05) is 198 Å². The fourth-order valence-corrected chi connectivity index (χ4v) is 7.94. The minimum absolute atomic E-state index is 0.000279. The zero-order chi connectivity index (χ0) is 43.9. The largest absolute Gasteiger partial charge is 0.472 e. The number of unbranched alkanes of at least 4 members (excludes halogenated alkanes) is 29. The van der Waals surface area contributed by atoms with E-state index in [9.17, 15) is 19.0 Å². The molecular weight excluding hydrogens is 772 g/mol. The molecule has 0 bridgehead atoms. The molecule has 0 aromatic carbocycles. The number of esters is 2. The Morgan fingerprint density at radius 2 is 0.800 bits per heavy atom. The van der Waals surface area contributed by atoms with Crippen molar-refractivity contribution in [2.24, 2.45) is 0 Å². The first kappa shape index (κ1) is 58.3. The number of phosphoric ester groups is 1. The third-order valence-electron chi connectivity index (χ3n) is 10.9. The van der Waals surface area contributed by atoms with E-state index in [-0.39, 0.29) is 25.6 Å². The minimum atomic E-state index is -4.29. The average molecular weight is 867 g/mol. The zero-order valence-corrected chi connectivity index (χ0v) is 40.3. The zero-order valence-electron chi connectivity index (χ0n) is 39.4. The number of rotatable bonds is 47. The van der Waals surface area contributed by atoms with Crippen molar-refractivity contribution in [1.82, 2.24) is 0 Å². The molecule has 0 aliphatic carbocycles. The molecule has 0 aromatic rings. The van der Waals surface area contributed by atoms with E-state index in [1.54, 1.807) is 6.92 Å². The van der Waals surface area contributed by atoms with Gasteiger partial charge >= 0.3 is 19.8 Å². The van der Waals surface area contributed by atoms with Gasteiger partial charge < -0.3 is 14.4 Å². The van der Waals surface area contributed by atoms with Gasteiger partial charge in [0.25, 0.3) is 0 Å². The molecule has 0 rings (SSSR count). The lowest BCUT2D eigenvalue weighted by Crippen LogP contribution is -2.29. The first-order valence-electron chi connectivity index (χ1n) is 25.3. The summed E-state index contributed by atoms with van der Waals surface area (Å²) in [7, 11) is -4.29. The summed E-state index contributed by atoms with van der Waals surface area (Å²) in [5, 5.41) is 0. The highest BCUT2D eigenvalue weighted by Crippen LogP contribution is 2.43. The van der Waals surface area contributed by atoms with Gasteiger partial charge in [0.1, 0.15) is 6.61 Å². The van der Waals surface area contributed by atoms with Crippen LogP contribution in [0.1, 0.15) is 252 Å². The van der Waals surface area contributed by atoms with Crippen LogP contribution in [0.2, 0.25) is 0 Å². The van der Waals surface area contributed by atoms with Crippen LogP contribution in [0.15, 0.2) is 36.5 Å². The van der Waals surface area contributed by atoms with Gasteiger partial charge in [-0.3, -0.25) is 18.6 Å². The molecule has 1 N–H and O–H groups in total. The predicted molar refractivity (Wildman–Crippen MR) is 253 cm³/mol. The number of ether oxygens (including phenoxy) is 2. The highest BCUT2D eigenvalue weighted by atomic mass is 31.2. The summed E-state index contributed by atoms with van der Waals surface area (Å²) in [6, 6.07) is 0. The van der Waals surface area contributed by atoms with Gasteiger partial charge in [0, 0.05) is 12.8 Å². The van der Waals surface area contributed by atoms with Crippen LogP contribution >= 0.6 is 7.82 Å². The number of allylic oxidation sites excluding steroid dienone is 6.